The van der Waals surface area contributed by atoms with Gasteiger partial charge in [-0.25, -0.2) is 0 Å². The molecule has 5 rings (SSSR count). The molecule has 0 N–H and O–H groups in total. The maximum Gasteiger partial charge on any atom is 0.212 e. The van der Waals surface area contributed by atoms with Gasteiger partial charge < -0.3 is 9.64 Å². The second-order valence-corrected chi connectivity index (χ2v) is 14.8. The molecule has 3 aromatic rings. The van der Waals surface area contributed by atoms with Gasteiger partial charge in [0.25, 0.3) is 0 Å². The summed E-state index contributed by atoms with van der Waals surface area (Å²) in [5.74, 6) is 0.953. The van der Waals surface area contributed by atoms with E-state index in [9.17, 15) is 0 Å². The number of rotatable bonds is 19. The van der Waals surface area contributed by atoms with Crippen LogP contribution in [-0.4, -0.2) is 12.3 Å². The normalized spacial score (nSPS) is 17.7. The number of hydrogen-bond donors (Lipinski definition) is 0. The van der Waals surface area contributed by atoms with Crippen molar-refractivity contribution < 1.29 is 4.74 Å². The number of benzene rings is 3. The van der Waals surface area contributed by atoms with E-state index in [1.54, 1.807) is 0 Å². The van der Waals surface area contributed by atoms with E-state index in [0.717, 1.165) is 34.0 Å². The molecule has 0 radical (unpaired) electrons. The Morgan fingerprint density at radius 3 is 1.85 bits per heavy atom. The van der Waals surface area contributed by atoms with Crippen molar-refractivity contribution in [2.45, 2.75) is 135 Å². The summed E-state index contributed by atoms with van der Waals surface area (Å²) >= 11 is 6.06. The Hall–Kier alpha value is -2.97. The molecule has 252 valence electrons. The number of nitrogens with zero attached hydrogens (tertiary/aromatic N) is 1. The molecule has 1 atom stereocenters. The third-order valence-corrected chi connectivity index (χ3v) is 10.8. The quantitative estimate of drug-likeness (QED) is 0.0944. The van der Waals surface area contributed by atoms with Crippen LogP contribution in [0, 0.1) is 0 Å². The van der Waals surface area contributed by atoms with E-state index in [1.165, 1.54) is 114 Å². The molecule has 1 unspecified atom stereocenters. The highest BCUT2D eigenvalue weighted by atomic mass is 35.5. The smallest absolute Gasteiger partial charge is 0.212 e. The van der Waals surface area contributed by atoms with E-state index < -0.39 is 5.72 Å². The van der Waals surface area contributed by atoms with E-state index >= 15 is 0 Å². The van der Waals surface area contributed by atoms with Crippen molar-refractivity contribution in [3.63, 3.8) is 0 Å². The van der Waals surface area contributed by atoms with E-state index in [1.807, 2.05) is 24.3 Å². The number of ether oxygens (including phenoxy) is 1. The molecule has 0 saturated heterocycles. The van der Waals surface area contributed by atoms with Crippen LogP contribution in [0.25, 0.3) is 18.2 Å². The van der Waals surface area contributed by atoms with Gasteiger partial charge in [-0.2, -0.15) is 0 Å². The average molecular weight is 652 g/mol. The lowest BCUT2D eigenvalue weighted by molar-refractivity contribution is 0.0531. The Kier molecular flexibility index (Phi) is 13.1. The molecule has 2 aliphatic rings. The summed E-state index contributed by atoms with van der Waals surface area (Å²) in [7, 11) is 0. The van der Waals surface area contributed by atoms with Crippen molar-refractivity contribution in [3.8, 4) is 5.75 Å². The molecule has 0 amide bonds. The summed E-state index contributed by atoms with van der Waals surface area (Å²) < 4.78 is 7.10. The summed E-state index contributed by atoms with van der Waals surface area (Å²) in [6.07, 6.45) is 31.1. The number of hydrogen-bond acceptors (Lipinski definition) is 2. The Morgan fingerprint density at radius 2 is 1.21 bits per heavy atom. The third-order valence-electron chi connectivity index (χ3n) is 10.5. The minimum atomic E-state index is -0.542. The fourth-order valence-electron chi connectivity index (χ4n) is 7.60. The van der Waals surface area contributed by atoms with Crippen LogP contribution in [0.1, 0.15) is 146 Å². The molecule has 2 nitrogen and oxygen atoms in total. The van der Waals surface area contributed by atoms with Crippen molar-refractivity contribution in [2.75, 3.05) is 11.4 Å². The molecule has 1 spiro atoms. The van der Waals surface area contributed by atoms with E-state index in [0.29, 0.717) is 0 Å². The molecule has 2 aliphatic heterocycles. The first-order valence-electron chi connectivity index (χ1n) is 18.8. The number of unbranched alkanes of at least 4 members (excludes halogenated alkanes) is 15. The predicted molar refractivity (Wildman–Crippen MR) is 206 cm³/mol. The van der Waals surface area contributed by atoms with Crippen LogP contribution in [0.4, 0.5) is 5.69 Å². The lowest BCUT2D eigenvalue weighted by Crippen LogP contribution is -2.59. The SMILES string of the molecule is CCCCCCCCCCCCCCCCCCN1c2ccccc2C(C)(C)C12C=Cc1cc(/C=C/c3ccc(Cl)cc3)ccc1O2. The minimum Gasteiger partial charge on any atom is -0.463 e. The second kappa shape index (κ2) is 17.4. The Bertz CT molecular complexity index is 1450. The summed E-state index contributed by atoms with van der Waals surface area (Å²) in [6, 6.07) is 23.4. The molecule has 0 saturated carbocycles. The van der Waals surface area contributed by atoms with E-state index in [-0.39, 0.29) is 5.41 Å². The highest BCUT2D eigenvalue weighted by molar-refractivity contribution is 6.30. The molecule has 0 aromatic heterocycles. The molecule has 0 bridgehead atoms. The summed E-state index contributed by atoms with van der Waals surface area (Å²) in [5, 5.41) is 0.757. The third kappa shape index (κ3) is 8.94. The van der Waals surface area contributed by atoms with E-state index in [2.05, 4.69) is 92.4 Å². The molecular formula is C44H58ClNO. The van der Waals surface area contributed by atoms with Crippen molar-refractivity contribution in [1.82, 2.24) is 0 Å². The van der Waals surface area contributed by atoms with Crippen LogP contribution in [0.5, 0.6) is 5.75 Å². The first-order chi connectivity index (χ1) is 22.9. The summed E-state index contributed by atoms with van der Waals surface area (Å²) in [5.41, 5.74) is 5.36. The Morgan fingerprint density at radius 1 is 0.660 bits per heavy atom. The second-order valence-electron chi connectivity index (χ2n) is 14.4. The summed E-state index contributed by atoms with van der Waals surface area (Å²) in [4.78, 5) is 2.56. The highest BCUT2D eigenvalue weighted by Gasteiger charge is 2.58. The zero-order valence-corrected chi connectivity index (χ0v) is 30.2. The molecule has 3 heteroatoms. The first-order valence-corrected chi connectivity index (χ1v) is 19.2. The van der Waals surface area contributed by atoms with Crippen LogP contribution in [0.3, 0.4) is 0 Å². The Labute approximate surface area is 291 Å². The fourth-order valence-corrected chi connectivity index (χ4v) is 7.72. The van der Waals surface area contributed by atoms with Gasteiger partial charge in [-0.05, 0) is 79.4 Å². The van der Waals surface area contributed by atoms with Crippen molar-refractivity contribution in [3.05, 3.63) is 100 Å². The van der Waals surface area contributed by atoms with Crippen LogP contribution in [0.2, 0.25) is 5.02 Å². The minimum absolute atomic E-state index is 0.194. The topological polar surface area (TPSA) is 12.5 Å². The van der Waals surface area contributed by atoms with Gasteiger partial charge in [0.15, 0.2) is 0 Å². The average Bonchev–Trinajstić information content (AvgIpc) is 3.26. The molecule has 47 heavy (non-hydrogen) atoms. The van der Waals surface area contributed by atoms with Crippen LogP contribution in [-0.2, 0) is 5.41 Å². The predicted octanol–water partition coefficient (Wildman–Crippen LogP) is 13.7. The zero-order valence-electron chi connectivity index (χ0n) is 29.4. The van der Waals surface area contributed by atoms with Gasteiger partial charge in [0.05, 0.1) is 5.41 Å². The number of fused-ring (bicyclic) bond motifs is 2. The molecule has 3 aromatic carbocycles. The van der Waals surface area contributed by atoms with E-state index in [4.69, 9.17) is 16.3 Å². The standard InChI is InChI=1S/C44H58ClNO/c1-4-5-6-7-8-9-10-11-12-13-14-15-16-17-18-21-34-46-41-23-20-19-22-40(41)43(2,3)44(46)33-32-38-35-37(28-31-42(38)47-44)25-24-36-26-29-39(45)30-27-36/h19-20,22-33,35H,4-18,21,34H2,1-3H3/b25-24+. The fraction of sp³-hybridized carbons (Fsp3) is 0.500. The lowest BCUT2D eigenvalue weighted by atomic mass is 9.76. The van der Waals surface area contributed by atoms with Gasteiger partial charge in [-0.3, -0.25) is 0 Å². The van der Waals surface area contributed by atoms with Crippen molar-refractivity contribution >= 4 is 35.5 Å². The molecule has 0 fully saturated rings. The van der Waals surface area contributed by atoms with Gasteiger partial charge in [-0.1, -0.05) is 163 Å². The molecule has 0 aliphatic carbocycles. The van der Waals surface area contributed by atoms with Crippen LogP contribution in [0.15, 0.2) is 72.8 Å². The molecule has 2 heterocycles. The van der Waals surface area contributed by atoms with Crippen LogP contribution < -0.4 is 9.64 Å². The monoisotopic (exact) mass is 651 g/mol. The van der Waals surface area contributed by atoms with Gasteiger partial charge in [0, 0.05) is 22.8 Å². The largest absolute Gasteiger partial charge is 0.463 e. The van der Waals surface area contributed by atoms with Gasteiger partial charge >= 0.3 is 0 Å². The summed E-state index contributed by atoms with van der Waals surface area (Å²) in [6.45, 7) is 7.99. The molecular weight excluding hydrogens is 594 g/mol. The maximum atomic E-state index is 7.10. The van der Waals surface area contributed by atoms with Gasteiger partial charge in [-0.15, -0.1) is 0 Å². The maximum absolute atomic E-state index is 7.10. The number of halogens is 1. The lowest BCUT2D eigenvalue weighted by Gasteiger charge is -2.47. The zero-order chi connectivity index (χ0) is 33.0. The first kappa shape index (κ1) is 35.3. The Balaban J connectivity index is 1.11. The van der Waals surface area contributed by atoms with Crippen molar-refractivity contribution in [2.24, 2.45) is 0 Å². The van der Waals surface area contributed by atoms with Crippen LogP contribution >= 0.6 is 11.6 Å². The number of anilines is 1. The van der Waals surface area contributed by atoms with Gasteiger partial charge in [0.2, 0.25) is 5.72 Å². The van der Waals surface area contributed by atoms with Gasteiger partial charge in [0.1, 0.15) is 5.75 Å². The number of para-hydroxylation sites is 1. The highest BCUT2D eigenvalue weighted by Crippen LogP contribution is 2.55. The van der Waals surface area contributed by atoms with Crippen molar-refractivity contribution in [1.29, 1.82) is 0 Å².